The Labute approximate surface area is 135 Å². The molecule has 0 unspecified atom stereocenters. The van der Waals surface area contributed by atoms with Gasteiger partial charge < -0.3 is 9.47 Å². The number of hydrogen-bond donors (Lipinski definition) is 0. The fraction of sp³-hybridized carbons (Fsp3) is 0.421. The summed E-state index contributed by atoms with van der Waals surface area (Å²) in [6.07, 6.45) is 5.25. The second-order valence-corrected chi connectivity index (χ2v) is 6.25. The molecule has 1 aromatic heterocycles. The normalized spacial score (nSPS) is 20.3. The zero-order valence-corrected chi connectivity index (χ0v) is 13.1. The second kappa shape index (κ2) is 6.28. The van der Waals surface area contributed by atoms with E-state index in [2.05, 4.69) is 0 Å². The molecule has 1 aliphatic heterocycles. The van der Waals surface area contributed by atoms with Gasteiger partial charge in [-0.2, -0.15) is 0 Å². The van der Waals surface area contributed by atoms with Gasteiger partial charge in [0.05, 0.1) is 13.2 Å². The molecule has 1 aromatic carbocycles. The summed E-state index contributed by atoms with van der Waals surface area (Å²) in [7, 11) is 0. The maximum Gasteiger partial charge on any atom is 0.214 e. The number of rotatable bonds is 3. The first-order valence-electron chi connectivity index (χ1n) is 8.33. The van der Waals surface area contributed by atoms with Crippen molar-refractivity contribution in [2.75, 3.05) is 13.2 Å². The zero-order valence-electron chi connectivity index (χ0n) is 13.1. The van der Waals surface area contributed by atoms with Crippen LogP contribution in [0.15, 0.2) is 30.3 Å². The highest BCUT2D eigenvalue weighted by atomic mass is 19.1. The van der Waals surface area contributed by atoms with Crippen LogP contribution in [0, 0.1) is 5.82 Å². The van der Waals surface area contributed by atoms with Crippen LogP contribution in [0.5, 0.6) is 5.88 Å². The molecule has 0 amide bonds. The number of nitrogens with zero attached hydrogens (tertiary/aromatic N) is 1. The summed E-state index contributed by atoms with van der Waals surface area (Å²) >= 11 is 0. The summed E-state index contributed by atoms with van der Waals surface area (Å²) in [6.45, 7) is 1.36. The Bertz CT molecular complexity index is 711. The van der Waals surface area contributed by atoms with E-state index in [1.54, 1.807) is 12.1 Å². The van der Waals surface area contributed by atoms with Crippen molar-refractivity contribution in [3.63, 3.8) is 0 Å². The van der Waals surface area contributed by atoms with Gasteiger partial charge in [-0.15, -0.1) is 0 Å². The van der Waals surface area contributed by atoms with Gasteiger partial charge in [0.15, 0.2) is 0 Å². The van der Waals surface area contributed by atoms with Gasteiger partial charge in [0.25, 0.3) is 0 Å². The van der Waals surface area contributed by atoms with Crippen molar-refractivity contribution in [3.05, 3.63) is 47.4 Å². The number of fused-ring (bicyclic) bond motifs is 1. The van der Waals surface area contributed by atoms with Crippen molar-refractivity contribution >= 4 is 0 Å². The molecule has 0 saturated carbocycles. The Kier molecular flexibility index (Phi) is 4.00. The molecular formula is C19H20FNO2. The summed E-state index contributed by atoms with van der Waals surface area (Å²) < 4.78 is 25.0. The fourth-order valence-corrected chi connectivity index (χ4v) is 3.43. The minimum atomic E-state index is -0.212. The van der Waals surface area contributed by atoms with E-state index in [0.717, 1.165) is 55.5 Å². The van der Waals surface area contributed by atoms with Crippen molar-refractivity contribution in [1.82, 2.24) is 4.98 Å². The number of pyridine rings is 1. The van der Waals surface area contributed by atoms with Crippen LogP contribution in [-0.2, 0) is 17.6 Å². The molecule has 120 valence electrons. The standard InChI is InChI=1S/C19H20FNO2/c20-14-5-3-4-13(10-14)17-11-19(23-15-8-9-22-12-15)21-18-7-2-1-6-16(17)18/h3-5,10-11,15H,1-2,6-9,12H2/t15-/m0/s1. The summed E-state index contributed by atoms with van der Waals surface area (Å²) in [4.78, 5) is 4.71. The molecule has 0 bridgehead atoms. The highest BCUT2D eigenvalue weighted by molar-refractivity contribution is 5.69. The van der Waals surface area contributed by atoms with Gasteiger partial charge in [0.2, 0.25) is 5.88 Å². The van der Waals surface area contributed by atoms with E-state index in [-0.39, 0.29) is 11.9 Å². The number of benzene rings is 1. The van der Waals surface area contributed by atoms with Crippen molar-refractivity contribution < 1.29 is 13.9 Å². The lowest BCUT2D eigenvalue weighted by atomic mass is 9.89. The van der Waals surface area contributed by atoms with E-state index < -0.39 is 0 Å². The third-order valence-corrected chi connectivity index (χ3v) is 4.59. The number of aryl methyl sites for hydroxylation is 1. The topological polar surface area (TPSA) is 31.4 Å². The van der Waals surface area contributed by atoms with Crippen LogP contribution in [0.1, 0.15) is 30.5 Å². The summed E-state index contributed by atoms with van der Waals surface area (Å²) in [5.41, 5.74) is 4.31. The van der Waals surface area contributed by atoms with Crippen LogP contribution in [0.25, 0.3) is 11.1 Å². The minimum absolute atomic E-state index is 0.0736. The van der Waals surface area contributed by atoms with Crippen LogP contribution in [0.4, 0.5) is 4.39 Å². The third-order valence-electron chi connectivity index (χ3n) is 4.59. The van der Waals surface area contributed by atoms with Gasteiger partial charge >= 0.3 is 0 Å². The lowest BCUT2D eigenvalue weighted by Crippen LogP contribution is -2.18. The van der Waals surface area contributed by atoms with Crippen molar-refractivity contribution in [2.24, 2.45) is 0 Å². The van der Waals surface area contributed by atoms with Crippen LogP contribution < -0.4 is 4.74 Å². The molecule has 4 rings (SSSR count). The van der Waals surface area contributed by atoms with E-state index >= 15 is 0 Å². The molecule has 1 saturated heterocycles. The quantitative estimate of drug-likeness (QED) is 0.860. The Morgan fingerprint density at radius 2 is 2.09 bits per heavy atom. The largest absolute Gasteiger partial charge is 0.472 e. The van der Waals surface area contributed by atoms with E-state index in [0.29, 0.717) is 12.5 Å². The molecule has 1 atom stereocenters. The number of halogens is 1. The first-order valence-corrected chi connectivity index (χ1v) is 8.33. The average Bonchev–Trinajstić information content (AvgIpc) is 3.07. The monoisotopic (exact) mass is 313 g/mol. The van der Waals surface area contributed by atoms with Gasteiger partial charge in [-0.25, -0.2) is 9.37 Å². The van der Waals surface area contributed by atoms with E-state index in [1.807, 2.05) is 12.1 Å². The van der Waals surface area contributed by atoms with Crippen LogP contribution in [-0.4, -0.2) is 24.3 Å². The van der Waals surface area contributed by atoms with Crippen molar-refractivity contribution in [1.29, 1.82) is 0 Å². The van der Waals surface area contributed by atoms with Gasteiger partial charge in [0, 0.05) is 18.2 Å². The molecule has 23 heavy (non-hydrogen) atoms. The van der Waals surface area contributed by atoms with Gasteiger partial charge in [-0.3, -0.25) is 0 Å². The minimum Gasteiger partial charge on any atom is -0.472 e. The molecule has 0 N–H and O–H groups in total. The maximum atomic E-state index is 13.6. The highest BCUT2D eigenvalue weighted by Gasteiger charge is 2.22. The second-order valence-electron chi connectivity index (χ2n) is 6.25. The molecule has 0 radical (unpaired) electrons. The van der Waals surface area contributed by atoms with Crippen LogP contribution in [0.2, 0.25) is 0 Å². The summed E-state index contributed by atoms with van der Waals surface area (Å²) in [5.74, 6) is 0.427. The number of aromatic nitrogens is 1. The SMILES string of the molecule is Fc1cccc(-c2cc(O[C@H]3CCOC3)nc3c2CCCC3)c1. The maximum absolute atomic E-state index is 13.6. The molecular weight excluding hydrogens is 293 g/mol. The van der Waals surface area contributed by atoms with Gasteiger partial charge in [-0.05, 0) is 54.5 Å². The lowest BCUT2D eigenvalue weighted by Gasteiger charge is -2.21. The molecule has 2 aliphatic rings. The molecule has 3 nitrogen and oxygen atoms in total. The van der Waals surface area contributed by atoms with E-state index in [9.17, 15) is 4.39 Å². The molecule has 1 aliphatic carbocycles. The predicted octanol–water partition coefficient (Wildman–Crippen LogP) is 3.93. The number of ether oxygens (including phenoxy) is 2. The zero-order chi connectivity index (χ0) is 15.6. The Hall–Kier alpha value is -1.94. The van der Waals surface area contributed by atoms with Crippen LogP contribution in [0.3, 0.4) is 0 Å². The van der Waals surface area contributed by atoms with Crippen LogP contribution >= 0.6 is 0 Å². The molecule has 4 heteroatoms. The first-order chi connectivity index (χ1) is 11.3. The summed E-state index contributed by atoms with van der Waals surface area (Å²) in [5, 5.41) is 0. The molecule has 2 aromatic rings. The lowest BCUT2D eigenvalue weighted by molar-refractivity contribution is 0.138. The smallest absolute Gasteiger partial charge is 0.214 e. The van der Waals surface area contributed by atoms with Crippen molar-refractivity contribution in [2.45, 2.75) is 38.2 Å². The fourth-order valence-electron chi connectivity index (χ4n) is 3.43. The Morgan fingerprint density at radius 1 is 1.17 bits per heavy atom. The van der Waals surface area contributed by atoms with E-state index in [1.165, 1.54) is 11.6 Å². The summed E-state index contributed by atoms with van der Waals surface area (Å²) in [6, 6.07) is 8.75. The average molecular weight is 313 g/mol. The molecule has 2 heterocycles. The molecule has 0 spiro atoms. The highest BCUT2D eigenvalue weighted by Crippen LogP contribution is 2.34. The third kappa shape index (κ3) is 3.08. The Morgan fingerprint density at radius 3 is 2.91 bits per heavy atom. The van der Waals surface area contributed by atoms with E-state index in [4.69, 9.17) is 14.5 Å². The van der Waals surface area contributed by atoms with Gasteiger partial charge in [0.1, 0.15) is 11.9 Å². The molecule has 1 fully saturated rings. The van der Waals surface area contributed by atoms with Gasteiger partial charge in [-0.1, -0.05) is 12.1 Å². The van der Waals surface area contributed by atoms with Crippen molar-refractivity contribution in [3.8, 4) is 17.0 Å². The number of hydrogen-bond acceptors (Lipinski definition) is 3. The first kappa shape index (κ1) is 14.6. The Balaban J connectivity index is 1.75. The predicted molar refractivity (Wildman–Crippen MR) is 86.1 cm³/mol.